The van der Waals surface area contributed by atoms with Crippen LogP contribution < -0.4 is 0 Å². The Bertz CT molecular complexity index is 254. The van der Waals surface area contributed by atoms with Gasteiger partial charge in [0, 0.05) is 0 Å². The number of rotatable bonds is 10. The molecular weight excluding hydrogens is 303 g/mol. The highest BCUT2D eigenvalue weighted by atomic mass is 35.5. The topological polar surface area (TPSA) is 47.9 Å². The van der Waals surface area contributed by atoms with Gasteiger partial charge in [0.15, 0.2) is 0 Å². The van der Waals surface area contributed by atoms with E-state index < -0.39 is 11.7 Å². The highest BCUT2D eigenvalue weighted by molar-refractivity contribution is 6.18. The summed E-state index contributed by atoms with van der Waals surface area (Å²) < 4.78 is 17.0. The van der Waals surface area contributed by atoms with Crippen LogP contribution in [-0.4, -0.2) is 60.1 Å². The van der Waals surface area contributed by atoms with Gasteiger partial charge >= 0.3 is 0 Å². The second-order valence-electron chi connectivity index (χ2n) is 6.39. The van der Waals surface area contributed by atoms with Crippen molar-refractivity contribution in [3.8, 4) is 0 Å². The largest absolute Gasteiger partial charge is 0.389 e. The first-order chi connectivity index (χ1) is 9.09. The molecule has 0 aromatic carbocycles. The molecule has 0 rings (SSSR count). The summed E-state index contributed by atoms with van der Waals surface area (Å²) >= 11 is 11.4. The van der Waals surface area contributed by atoms with Gasteiger partial charge < -0.3 is 19.3 Å². The molecule has 20 heavy (non-hydrogen) atoms. The van der Waals surface area contributed by atoms with E-state index in [9.17, 15) is 5.11 Å². The summed E-state index contributed by atoms with van der Waals surface area (Å²) in [6.07, 6.45) is -0.847. The molecular formula is C14H28Cl2O4. The van der Waals surface area contributed by atoms with Gasteiger partial charge in [-0.1, -0.05) is 0 Å². The van der Waals surface area contributed by atoms with Crippen LogP contribution in [0.3, 0.4) is 0 Å². The highest BCUT2D eigenvalue weighted by Gasteiger charge is 2.23. The van der Waals surface area contributed by atoms with Crippen LogP contribution in [0, 0.1) is 0 Å². The Morgan fingerprint density at radius 3 is 2.00 bits per heavy atom. The molecule has 0 radical (unpaired) electrons. The van der Waals surface area contributed by atoms with Gasteiger partial charge in [0.1, 0.15) is 0 Å². The lowest BCUT2D eigenvalue weighted by Gasteiger charge is -2.29. The lowest BCUT2D eigenvalue weighted by Crippen LogP contribution is -2.38. The van der Waals surface area contributed by atoms with Crippen LogP contribution in [0.5, 0.6) is 0 Å². The maximum Gasteiger partial charge on any atom is 0.0945 e. The van der Waals surface area contributed by atoms with E-state index in [1.54, 1.807) is 0 Å². The molecule has 0 aliphatic carbocycles. The zero-order chi connectivity index (χ0) is 15.8. The Kier molecular flexibility index (Phi) is 9.64. The van der Waals surface area contributed by atoms with Crippen LogP contribution >= 0.6 is 23.2 Å². The Morgan fingerprint density at radius 1 is 0.950 bits per heavy atom. The molecule has 0 heterocycles. The third-order valence-electron chi connectivity index (χ3n) is 2.39. The molecule has 0 spiro atoms. The minimum Gasteiger partial charge on any atom is -0.389 e. The average molecular weight is 331 g/mol. The standard InChI is InChI=1S/C14H28Cl2O4/c1-13(2,3)19-9-12(7-16)18-10-14(4,5)20-8-11(17)6-15/h11-12,17H,6-10H2,1-5H3/t11-,12?/m0/s1. The summed E-state index contributed by atoms with van der Waals surface area (Å²) in [6, 6.07) is 0. The Morgan fingerprint density at radius 2 is 1.55 bits per heavy atom. The van der Waals surface area contributed by atoms with Gasteiger partial charge in [0.2, 0.25) is 0 Å². The lowest BCUT2D eigenvalue weighted by atomic mass is 10.1. The summed E-state index contributed by atoms with van der Waals surface area (Å²) in [7, 11) is 0. The molecule has 0 aromatic heterocycles. The molecule has 0 aliphatic heterocycles. The van der Waals surface area contributed by atoms with E-state index >= 15 is 0 Å². The van der Waals surface area contributed by atoms with Crippen LogP contribution in [0.1, 0.15) is 34.6 Å². The number of ether oxygens (including phenoxy) is 3. The van der Waals surface area contributed by atoms with Gasteiger partial charge in [-0.15, -0.1) is 23.2 Å². The minimum absolute atomic E-state index is 0.153. The van der Waals surface area contributed by atoms with Crippen molar-refractivity contribution in [1.29, 1.82) is 0 Å². The van der Waals surface area contributed by atoms with Gasteiger partial charge in [-0.3, -0.25) is 0 Å². The second-order valence-corrected chi connectivity index (χ2v) is 7.01. The third kappa shape index (κ3) is 11.1. The minimum atomic E-state index is -0.663. The quantitative estimate of drug-likeness (QED) is 0.626. The molecule has 0 aliphatic rings. The SMILES string of the molecule is CC(C)(C)OCC(CCl)OCC(C)(C)OC[C@@H](O)CCl. The Labute approximate surface area is 132 Å². The lowest BCUT2D eigenvalue weighted by molar-refractivity contribution is -0.126. The molecule has 6 heteroatoms. The van der Waals surface area contributed by atoms with Crippen molar-refractivity contribution in [2.45, 2.75) is 58.0 Å². The number of hydrogen-bond acceptors (Lipinski definition) is 4. The van der Waals surface area contributed by atoms with Crippen molar-refractivity contribution in [1.82, 2.24) is 0 Å². The molecule has 4 nitrogen and oxygen atoms in total. The van der Waals surface area contributed by atoms with Crippen molar-refractivity contribution < 1.29 is 19.3 Å². The van der Waals surface area contributed by atoms with Gasteiger partial charge in [0.25, 0.3) is 0 Å². The molecule has 1 N–H and O–H groups in total. The smallest absolute Gasteiger partial charge is 0.0945 e. The molecule has 0 aromatic rings. The van der Waals surface area contributed by atoms with Crippen molar-refractivity contribution in [3.05, 3.63) is 0 Å². The first-order valence-corrected chi connectivity index (χ1v) is 7.86. The summed E-state index contributed by atoms with van der Waals surface area (Å²) in [5, 5.41) is 9.38. The maximum absolute atomic E-state index is 9.38. The third-order valence-corrected chi connectivity index (χ3v) is 3.09. The molecule has 1 unspecified atom stereocenters. The summed E-state index contributed by atoms with van der Waals surface area (Å²) in [4.78, 5) is 0. The van der Waals surface area contributed by atoms with E-state index in [1.165, 1.54) is 0 Å². The Balaban J connectivity index is 4.07. The van der Waals surface area contributed by atoms with Crippen molar-refractivity contribution in [2.75, 3.05) is 31.6 Å². The first kappa shape index (κ1) is 20.4. The number of aliphatic hydroxyl groups excluding tert-OH is 1. The fourth-order valence-corrected chi connectivity index (χ4v) is 1.47. The summed E-state index contributed by atoms with van der Waals surface area (Å²) in [6.45, 7) is 10.7. The van der Waals surface area contributed by atoms with Crippen LogP contribution in [0.15, 0.2) is 0 Å². The molecule has 2 atom stereocenters. The Hall–Kier alpha value is 0.420. The first-order valence-electron chi connectivity index (χ1n) is 6.79. The average Bonchev–Trinajstić information content (AvgIpc) is 2.35. The second kappa shape index (κ2) is 9.44. The van der Waals surface area contributed by atoms with Crippen LogP contribution in [0.4, 0.5) is 0 Å². The zero-order valence-corrected chi connectivity index (χ0v) is 14.6. The fraction of sp³-hybridized carbons (Fsp3) is 1.00. The maximum atomic E-state index is 9.38. The highest BCUT2D eigenvalue weighted by Crippen LogP contribution is 2.14. The fourth-order valence-electron chi connectivity index (χ4n) is 1.21. The van der Waals surface area contributed by atoms with Crippen molar-refractivity contribution >= 4 is 23.2 Å². The van der Waals surface area contributed by atoms with Crippen LogP contribution in [0.2, 0.25) is 0 Å². The van der Waals surface area contributed by atoms with E-state index in [0.717, 1.165) is 0 Å². The number of alkyl halides is 2. The van der Waals surface area contributed by atoms with E-state index in [0.29, 0.717) is 19.1 Å². The van der Waals surface area contributed by atoms with Gasteiger partial charge in [-0.2, -0.15) is 0 Å². The molecule has 0 saturated heterocycles. The number of halogens is 2. The van der Waals surface area contributed by atoms with Gasteiger partial charge in [-0.05, 0) is 34.6 Å². The molecule has 0 amide bonds. The molecule has 0 fully saturated rings. The molecule has 122 valence electrons. The number of hydrogen-bond donors (Lipinski definition) is 1. The predicted octanol–water partition coefficient (Wildman–Crippen LogP) is 2.82. The van der Waals surface area contributed by atoms with Crippen molar-refractivity contribution in [2.24, 2.45) is 0 Å². The van der Waals surface area contributed by atoms with Gasteiger partial charge in [0.05, 0.1) is 55.0 Å². The van der Waals surface area contributed by atoms with Crippen molar-refractivity contribution in [3.63, 3.8) is 0 Å². The summed E-state index contributed by atoms with van der Waals surface area (Å²) in [5.41, 5.74) is -0.733. The van der Waals surface area contributed by atoms with Gasteiger partial charge in [-0.25, -0.2) is 0 Å². The van der Waals surface area contributed by atoms with E-state index in [-0.39, 0.29) is 24.2 Å². The zero-order valence-electron chi connectivity index (χ0n) is 13.1. The molecule has 0 saturated carbocycles. The monoisotopic (exact) mass is 330 g/mol. The van der Waals surface area contributed by atoms with Crippen LogP contribution in [0.25, 0.3) is 0 Å². The number of aliphatic hydroxyl groups is 1. The van der Waals surface area contributed by atoms with E-state index in [2.05, 4.69) is 0 Å². The van der Waals surface area contributed by atoms with E-state index in [1.807, 2.05) is 34.6 Å². The predicted molar refractivity (Wildman–Crippen MR) is 82.9 cm³/mol. The van der Waals surface area contributed by atoms with E-state index in [4.69, 9.17) is 37.4 Å². The van der Waals surface area contributed by atoms with Crippen LogP contribution in [-0.2, 0) is 14.2 Å². The molecule has 0 bridgehead atoms. The normalized spacial score (nSPS) is 16.2. The summed E-state index contributed by atoms with van der Waals surface area (Å²) in [5.74, 6) is 0.511.